The smallest absolute Gasteiger partial charge is 0.335 e. The van der Waals surface area contributed by atoms with E-state index in [0.29, 0.717) is 10.1 Å². The molecule has 1 fully saturated rings. The zero-order valence-corrected chi connectivity index (χ0v) is 15.0. The Hall–Kier alpha value is -3.03. The van der Waals surface area contributed by atoms with Gasteiger partial charge >= 0.3 is 5.69 Å². The number of imidazole rings is 1. The van der Waals surface area contributed by atoms with Gasteiger partial charge in [-0.05, 0) is 5.56 Å². The van der Waals surface area contributed by atoms with Crippen LogP contribution in [0.4, 0.5) is 5.95 Å². The van der Waals surface area contributed by atoms with Crippen LogP contribution in [0, 0.1) is 0 Å². The van der Waals surface area contributed by atoms with Gasteiger partial charge in [0.2, 0.25) is 5.95 Å². The van der Waals surface area contributed by atoms with E-state index in [1.807, 2.05) is 0 Å². The van der Waals surface area contributed by atoms with Gasteiger partial charge in [0.1, 0.15) is 12.2 Å². The molecule has 29 heavy (non-hydrogen) atoms. The molecule has 12 heteroatoms. The second kappa shape index (κ2) is 6.79. The number of rotatable bonds is 4. The number of aliphatic hydroxyl groups is 4. The number of aliphatic hydroxyl groups excluding tert-OH is 3. The molecule has 3 aromatic rings. The molecule has 0 radical (unpaired) electrons. The van der Waals surface area contributed by atoms with Gasteiger partial charge in [-0.25, -0.2) is 9.36 Å². The Morgan fingerprint density at radius 3 is 2.55 bits per heavy atom. The number of nitrogens with zero attached hydrogens (tertiary/aromatic N) is 3. The monoisotopic (exact) mass is 405 g/mol. The summed E-state index contributed by atoms with van der Waals surface area (Å²) in [6.07, 6.45) is -5.06. The van der Waals surface area contributed by atoms with Crippen molar-refractivity contribution in [1.29, 1.82) is 0 Å². The van der Waals surface area contributed by atoms with Gasteiger partial charge in [0.15, 0.2) is 17.3 Å². The van der Waals surface area contributed by atoms with Crippen molar-refractivity contribution in [2.24, 2.45) is 0 Å². The van der Waals surface area contributed by atoms with Crippen LogP contribution >= 0.6 is 0 Å². The first-order valence-electron chi connectivity index (χ1n) is 8.70. The Morgan fingerprint density at radius 1 is 1.24 bits per heavy atom. The van der Waals surface area contributed by atoms with Crippen LogP contribution in [0.1, 0.15) is 5.56 Å². The van der Waals surface area contributed by atoms with Gasteiger partial charge in [-0.2, -0.15) is 4.98 Å². The van der Waals surface area contributed by atoms with Crippen LogP contribution in [0.3, 0.4) is 0 Å². The molecule has 0 amide bonds. The number of nitrogen functional groups attached to an aromatic ring is 1. The number of nitrogens with two attached hydrogens (primary N) is 1. The molecule has 1 aliphatic rings. The van der Waals surface area contributed by atoms with Gasteiger partial charge in [-0.15, -0.1) is 0 Å². The third-order valence-electron chi connectivity index (χ3n) is 4.90. The van der Waals surface area contributed by atoms with E-state index < -0.39 is 42.1 Å². The van der Waals surface area contributed by atoms with Crippen molar-refractivity contribution in [2.75, 3.05) is 12.3 Å². The van der Waals surface area contributed by atoms with Crippen molar-refractivity contribution in [3.05, 3.63) is 56.7 Å². The first-order valence-corrected chi connectivity index (χ1v) is 8.70. The van der Waals surface area contributed by atoms with Gasteiger partial charge < -0.3 is 30.9 Å². The number of aromatic amines is 1. The Balaban J connectivity index is 1.99. The van der Waals surface area contributed by atoms with Crippen LogP contribution in [0.5, 0.6) is 0 Å². The van der Waals surface area contributed by atoms with E-state index in [9.17, 15) is 30.0 Å². The lowest BCUT2D eigenvalue weighted by Crippen LogP contribution is -2.50. The van der Waals surface area contributed by atoms with E-state index in [-0.39, 0.29) is 23.7 Å². The molecule has 1 saturated heterocycles. The highest BCUT2D eigenvalue weighted by atomic mass is 16.7. The van der Waals surface area contributed by atoms with Crippen molar-refractivity contribution in [2.45, 2.75) is 30.8 Å². The van der Waals surface area contributed by atoms with E-state index >= 15 is 0 Å². The van der Waals surface area contributed by atoms with Crippen molar-refractivity contribution in [3.63, 3.8) is 0 Å². The van der Waals surface area contributed by atoms with Crippen LogP contribution in [0.25, 0.3) is 11.2 Å². The van der Waals surface area contributed by atoms with Crippen LogP contribution in [0.2, 0.25) is 0 Å². The van der Waals surface area contributed by atoms with Crippen LogP contribution < -0.4 is 17.0 Å². The van der Waals surface area contributed by atoms with Crippen molar-refractivity contribution in [1.82, 2.24) is 19.1 Å². The first kappa shape index (κ1) is 19.3. The van der Waals surface area contributed by atoms with Crippen LogP contribution in [-0.2, 0) is 17.2 Å². The van der Waals surface area contributed by atoms with E-state index in [1.165, 1.54) is 0 Å². The quantitative estimate of drug-likeness (QED) is 0.267. The van der Waals surface area contributed by atoms with E-state index in [0.717, 1.165) is 4.57 Å². The molecular formula is C17H19N5O7. The Kier molecular flexibility index (Phi) is 4.52. The molecule has 3 heterocycles. The molecule has 12 nitrogen and oxygen atoms in total. The molecule has 1 aliphatic heterocycles. The number of benzene rings is 1. The average Bonchev–Trinajstić information content (AvgIpc) is 3.09. The molecule has 1 aromatic carbocycles. The third-order valence-corrected chi connectivity index (χ3v) is 4.90. The number of fused-ring (bicyclic) bond motifs is 1. The lowest BCUT2D eigenvalue weighted by molar-refractivity contribution is -0.288. The van der Waals surface area contributed by atoms with Crippen molar-refractivity contribution in [3.8, 4) is 0 Å². The fourth-order valence-electron chi connectivity index (χ4n) is 3.50. The Bertz CT molecular complexity index is 1170. The molecule has 0 aliphatic carbocycles. The molecule has 0 spiro atoms. The number of ether oxygens (including phenoxy) is 1. The molecule has 0 unspecified atom stereocenters. The summed E-state index contributed by atoms with van der Waals surface area (Å²) in [6.45, 7) is -0.774. The maximum Gasteiger partial charge on any atom is 0.335 e. The number of H-pyrrole nitrogens is 1. The van der Waals surface area contributed by atoms with Crippen LogP contribution in [0.15, 0.2) is 39.9 Å². The second-order valence-corrected chi connectivity index (χ2v) is 6.75. The zero-order valence-electron chi connectivity index (χ0n) is 15.0. The standard InChI is InChI=1S/C17H19N5O7/c18-15-19-13-10(14(26)20-15)21(6-8-4-2-1-3-5-8)16(27)22(13)17(28)12(25)11(24)9(7-23)29-17/h1-5,9,11-12,23-25,28H,6-7H2,(H3,18,19,20,26)/t9-,11-,12-,17-/m1/s1. The lowest BCUT2D eigenvalue weighted by atomic mass is 10.1. The minimum absolute atomic E-state index is 0.0456. The van der Waals surface area contributed by atoms with Crippen molar-refractivity contribution >= 4 is 17.1 Å². The summed E-state index contributed by atoms with van der Waals surface area (Å²) >= 11 is 0. The van der Waals surface area contributed by atoms with Gasteiger partial charge in [0.05, 0.1) is 13.2 Å². The maximum atomic E-state index is 13.2. The topological polar surface area (TPSA) is 189 Å². The lowest BCUT2D eigenvalue weighted by Gasteiger charge is -2.26. The fraction of sp³-hybridized carbons (Fsp3) is 0.353. The molecule has 154 valence electrons. The molecule has 0 saturated carbocycles. The molecule has 4 rings (SSSR count). The summed E-state index contributed by atoms with van der Waals surface area (Å²) in [5.41, 5.74) is 4.05. The number of hydrogen-bond donors (Lipinski definition) is 6. The van der Waals surface area contributed by atoms with E-state index in [4.69, 9.17) is 10.5 Å². The number of aromatic nitrogens is 4. The summed E-state index contributed by atoms with van der Waals surface area (Å²) in [7, 11) is 0. The van der Waals surface area contributed by atoms with Gasteiger partial charge in [-0.1, -0.05) is 30.3 Å². The average molecular weight is 405 g/mol. The summed E-state index contributed by atoms with van der Waals surface area (Å²) in [5, 5.41) is 40.7. The summed E-state index contributed by atoms with van der Waals surface area (Å²) in [4.78, 5) is 31.9. The van der Waals surface area contributed by atoms with E-state index in [2.05, 4.69) is 9.97 Å². The fourth-order valence-corrected chi connectivity index (χ4v) is 3.50. The summed E-state index contributed by atoms with van der Waals surface area (Å²) in [5.74, 6) is -3.11. The molecule has 0 bridgehead atoms. The number of anilines is 1. The van der Waals surface area contributed by atoms with E-state index in [1.54, 1.807) is 30.3 Å². The molecular weight excluding hydrogens is 386 g/mol. The highest BCUT2D eigenvalue weighted by Crippen LogP contribution is 2.34. The van der Waals surface area contributed by atoms with Gasteiger partial charge in [0.25, 0.3) is 11.5 Å². The minimum atomic E-state index is -2.78. The number of nitrogens with one attached hydrogen (secondary N) is 1. The zero-order chi connectivity index (χ0) is 20.9. The third kappa shape index (κ3) is 2.85. The van der Waals surface area contributed by atoms with Crippen LogP contribution in [-0.4, -0.2) is 64.4 Å². The highest BCUT2D eigenvalue weighted by Gasteiger charge is 2.56. The Labute approximate surface area is 162 Å². The van der Waals surface area contributed by atoms with Gasteiger partial charge in [0, 0.05) is 0 Å². The first-order chi connectivity index (χ1) is 13.8. The molecule has 2 aromatic heterocycles. The SMILES string of the molecule is Nc1nc2c(c(=O)[nH]1)n(Cc1ccccc1)c(=O)n2[C@]1(O)O[C@H](CO)[C@@H](O)[C@H]1O. The summed E-state index contributed by atoms with van der Waals surface area (Å²) < 4.78 is 6.80. The van der Waals surface area contributed by atoms with Gasteiger partial charge in [-0.3, -0.25) is 14.3 Å². The predicted molar refractivity (Wildman–Crippen MR) is 98.7 cm³/mol. The normalized spacial score (nSPS) is 27.0. The van der Waals surface area contributed by atoms with Crippen molar-refractivity contribution < 1.29 is 25.2 Å². The molecule has 4 atom stereocenters. The maximum absolute atomic E-state index is 13.2. The minimum Gasteiger partial charge on any atom is -0.394 e. The number of hydrogen-bond acceptors (Lipinski definition) is 9. The summed E-state index contributed by atoms with van der Waals surface area (Å²) in [6, 6.07) is 8.75. The second-order valence-electron chi connectivity index (χ2n) is 6.75. The highest BCUT2D eigenvalue weighted by molar-refractivity contribution is 5.72. The largest absolute Gasteiger partial charge is 0.394 e. The predicted octanol–water partition coefficient (Wildman–Crippen LogP) is -2.77. The molecule has 7 N–H and O–H groups in total. The Morgan fingerprint density at radius 2 is 1.93 bits per heavy atom.